The number of rotatable bonds is 9. The Morgan fingerprint density at radius 1 is 1.00 bits per heavy atom. The maximum atomic E-state index is 13.3. The SMILES string of the molecule is CN(C(=O)Cn1c(=O)n(CCC(=O)NCCc2ccc(Cl)cc2)c(=O)c2sccc21)c1ccccc1. The number of aromatic nitrogens is 2. The molecule has 1 N–H and O–H groups in total. The molecule has 10 heteroatoms. The Labute approximate surface area is 216 Å². The smallest absolute Gasteiger partial charge is 0.332 e. The van der Waals surface area contributed by atoms with Crippen molar-refractivity contribution in [2.75, 3.05) is 18.5 Å². The van der Waals surface area contributed by atoms with E-state index < -0.39 is 11.2 Å². The third-order valence-corrected chi connectivity index (χ3v) is 7.00. The van der Waals surface area contributed by atoms with Crippen LogP contribution in [0.15, 0.2) is 75.6 Å². The van der Waals surface area contributed by atoms with Crippen LogP contribution in [0.4, 0.5) is 5.69 Å². The van der Waals surface area contributed by atoms with E-state index in [-0.39, 0.29) is 31.3 Å². The van der Waals surface area contributed by atoms with Crippen LogP contribution in [0.3, 0.4) is 0 Å². The van der Waals surface area contributed by atoms with Gasteiger partial charge in [-0.2, -0.15) is 0 Å². The number of likely N-dealkylation sites (N-methyl/N-ethyl adjacent to an activating group) is 1. The van der Waals surface area contributed by atoms with Gasteiger partial charge < -0.3 is 10.2 Å². The number of thiophene rings is 1. The number of hydrogen-bond acceptors (Lipinski definition) is 5. The number of benzene rings is 2. The molecule has 2 aromatic heterocycles. The minimum absolute atomic E-state index is 0.0372. The summed E-state index contributed by atoms with van der Waals surface area (Å²) in [5.41, 5.74) is 1.06. The van der Waals surface area contributed by atoms with Gasteiger partial charge in [0.1, 0.15) is 11.2 Å². The van der Waals surface area contributed by atoms with E-state index in [1.165, 1.54) is 20.8 Å². The largest absolute Gasteiger partial charge is 0.356 e. The van der Waals surface area contributed by atoms with Crippen LogP contribution in [0.2, 0.25) is 5.02 Å². The highest BCUT2D eigenvalue weighted by atomic mass is 35.5. The highest BCUT2D eigenvalue weighted by Gasteiger charge is 2.19. The van der Waals surface area contributed by atoms with E-state index in [9.17, 15) is 19.2 Å². The van der Waals surface area contributed by atoms with Gasteiger partial charge in [-0.1, -0.05) is 41.9 Å². The molecule has 2 heterocycles. The molecule has 2 amide bonds. The fraction of sp³-hybridized carbons (Fsp3) is 0.231. The summed E-state index contributed by atoms with van der Waals surface area (Å²) < 4.78 is 2.70. The van der Waals surface area contributed by atoms with Crippen LogP contribution in [-0.4, -0.2) is 34.5 Å². The molecular formula is C26H25ClN4O4S. The van der Waals surface area contributed by atoms with Crippen LogP contribution in [-0.2, 0) is 29.1 Å². The van der Waals surface area contributed by atoms with Crippen LogP contribution in [0, 0.1) is 0 Å². The maximum Gasteiger partial charge on any atom is 0.332 e. The van der Waals surface area contributed by atoms with E-state index in [1.807, 2.05) is 30.3 Å². The summed E-state index contributed by atoms with van der Waals surface area (Å²) in [6.45, 7) is 0.107. The Hall–Kier alpha value is -3.69. The number of fused-ring (bicyclic) bond motifs is 1. The van der Waals surface area contributed by atoms with E-state index in [2.05, 4.69) is 5.32 Å². The van der Waals surface area contributed by atoms with Gasteiger partial charge in [0.25, 0.3) is 5.56 Å². The number of halogens is 1. The summed E-state index contributed by atoms with van der Waals surface area (Å²) in [5, 5.41) is 5.17. The van der Waals surface area contributed by atoms with E-state index in [4.69, 9.17) is 11.6 Å². The van der Waals surface area contributed by atoms with E-state index in [1.54, 1.807) is 42.8 Å². The second kappa shape index (κ2) is 11.4. The maximum absolute atomic E-state index is 13.3. The Morgan fingerprint density at radius 3 is 2.44 bits per heavy atom. The van der Waals surface area contributed by atoms with Crippen molar-refractivity contribution in [3.8, 4) is 0 Å². The normalized spacial score (nSPS) is 10.9. The summed E-state index contributed by atoms with van der Waals surface area (Å²) in [4.78, 5) is 53.0. The number of nitrogens with zero attached hydrogens (tertiary/aromatic N) is 3. The highest BCUT2D eigenvalue weighted by Crippen LogP contribution is 2.17. The number of anilines is 1. The van der Waals surface area contributed by atoms with Gasteiger partial charge in [0, 0.05) is 37.3 Å². The summed E-state index contributed by atoms with van der Waals surface area (Å²) in [6, 6.07) is 18.1. The predicted molar refractivity (Wildman–Crippen MR) is 143 cm³/mol. The van der Waals surface area contributed by atoms with Gasteiger partial charge >= 0.3 is 5.69 Å². The monoisotopic (exact) mass is 524 g/mol. The molecule has 0 unspecified atom stereocenters. The van der Waals surface area contributed by atoms with E-state index in [0.29, 0.717) is 33.9 Å². The molecule has 0 radical (unpaired) electrons. The standard InChI is InChI=1S/C26H25ClN4O4S/c1-29(20-5-3-2-4-6-20)23(33)17-31-21-13-16-36-24(21)25(34)30(26(31)35)15-12-22(32)28-14-11-18-7-9-19(27)10-8-18/h2-10,13,16H,11-12,14-15,17H2,1H3,(H,28,32). The molecular weight excluding hydrogens is 500 g/mol. The summed E-state index contributed by atoms with van der Waals surface area (Å²) in [5.74, 6) is -0.575. The van der Waals surface area contributed by atoms with Gasteiger partial charge in [-0.3, -0.25) is 23.5 Å². The molecule has 0 fully saturated rings. The van der Waals surface area contributed by atoms with Crippen molar-refractivity contribution in [3.63, 3.8) is 0 Å². The summed E-state index contributed by atoms with van der Waals surface area (Å²) in [7, 11) is 1.64. The van der Waals surface area contributed by atoms with E-state index >= 15 is 0 Å². The Morgan fingerprint density at radius 2 is 1.72 bits per heavy atom. The van der Waals surface area contributed by atoms with E-state index in [0.717, 1.165) is 10.1 Å². The number of hydrogen-bond donors (Lipinski definition) is 1. The lowest BCUT2D eigenvalue weighted by Crippen LogP contribution is -2.43. The first kappa shape index (κ1) is 25.4. The van der Waals surface area contributed by atoms with Gasteiger partial charge in [0.05, 0.1) is 5.52 Å². The third-order valence-electron chi connectivity index (χ3n) is 5.86. The topological polar surface area (TPSA) is 93.4 Å². The lowest BCUT2D eigenvalue weighted by atomic mass is 10.1. The van der Waals surface area contributed by atoms with Gasteiger partial charge in [0.2, 0.25) is 11.8 Å². The molecule has 0 spiro atoms. The molecule has 8 nitrogen and oxygen atoms in total. The van der Waals surface area contributed by atoms with Gasteiger partial charge in [-0.05, 0) is 47.7 Å². The van der Waals surface area contributed by atoms with Gasteiger partial charge in [-0.15, -0.1) is 11.3 Å². The summed E-state index contributed by atoms with van der Waals surface area (Å²) >= 11 is 7.09. The first-order chi connectivity index (χ1) is 17.3. The lowest BCUT2D eigenvalue weighted by molar-refractivity contribution is -0.121. The molecule has 36 heavy (non-hydrogen) atoms. The Balaban J connectivity index is 1.47. The highest BCUT2D eigenvalue weighted by molar-refractivity contribution is 7.17. The fourth-order valence-corrected chi connectivity index (χ4v) is 4.79. The summed E-state index contributed by atoms with van der Waals surface area (Å²) in [6.07, 6.45) is 0.596. The van der Waals surface area contributed by atoms with Crippen molar-refractivity contribution in [1.82, 2.24) is 14.5 Å². The minimum atomic E-state index is -0.616. The molecule has 0 atom stereocenters. The third kappa shape index (κ3) is 5.75. The average Bonchev–Trinajstić information content (AvgIpc) is 3.38. The zero-order valence-corrected chi connectivity index (χ0v) is 21.2. The number of nitrogens with one attached hydrogen (secondary N) is 1. The van der Waals surface area contributed by atoms with Crippen LogP contribution < -0.4 is 21.5 Å². The molecule has 0 bridgehead atoms. The Bertz CT molecular complexity index is 1490. The first-order valence-electron chi connectivity index (χ1n) is 11.4. The van der Waals surface area contributed by atoms with Crippen LogP contribution >= 0.6 is 22.9 Å². The van der Waals surface area contributed by atoms with Crippen molar-refractivity contribution in [2.45, 2.75) is 25.9 Å². The van der Waals surface area contributed by atoms with Crippen molar-refractivity contribution < 1.29 is 9.59 Å². The molecule has 0 saturated heterocycles. The molecule has 4 rings (SSSR count). The van der Waals surface area contributed by atoms with Gasteiger partial charge in [0.15, 0.2) is 0 Å². The molecule has 4 aromatic rings. The molecule has 0 saturated carbocycles. The number of para-hydroxylation sites is 1. The molecule has 186 valence electrons. The number of carbonyl (C=O) groups excluding carboxylic acids is 2. The lowest BCUT2D eigenvalue weighted by Gasteiger charge is -2.19. The number of amides is 2. The minimum Gasteiger partial charge on any atom is -0.356 e. The zero-order valence-electron chi connectivity index (χ0n) is 19.6. The number of carbonyl (C=O) groups is 2. The molecule has 0 aliphatic rings. The average molecular weight is 525 g/mol. The van der Waals surface area contributed by atoms with Crippen LogP contribution in [0.25, 0.3) is 10.2 Å². The second-order valence-electron chi connectivity index (χ2n) is 8.23. The Kier molecular flexibility index (Phi) is 8.02. The molecule has 2 aromatic carbocycles. The zero-order chi connectivity index (χ0) is 25.7. The predicted octanol–water partition coefficient (Wildman–Crippen LogP) is 3.29. The van der Waals surface area contributed by atoms with Crippen LogP contribution in [0.1, 0.15) is 12.0 Å². The molecule has 0 aliphatic carbocycles. The van der Waals surface area contributed by atoms with Crippen molar-refractivity contribution in [1.29, 1.82) is 0 Å². The molecule has 0 aliphatic heterocycles. The van der Waals surface area contributed by atoms with Crippen molar-refractivity contribution in [2.24, 2.45) is 0 Å². The quantitative estimate of drug-likeness (QED) is 0.363. The second-order valence-corrected chi connectivity index (χ2v) is 9.58. The van der Waals surface area contributed by atoms with Crippen molar-refractivity contribution >= 4 is 50.7 Å². The van der Waals surface area contributed by atoms with Crippen LogP contribution in [0.5, 0.6) is 0 Å². The first-order valence-corrected chi connectivity index (χ1v) is 12.6. The van der Waals surface area contributed by atoms with Gasteiger partial charge in [-0.25, -0.2) is 4.79 Å². The van der Waals surface area contributed by atoms with Crippen molar-refractivity contribution in [3.05, 3.63) is 97.5 Å². The fourth-order valence-electron chi connectivity index (χ4n) is 3.82.